The Kier molecular flexibility index (Phi) is 3.73. The lowest BCUT2D eigenvalue weighted by molar-refractivity contribution is 0.402. The topological polar surface area (TPSA) is 72.7 Å². The minimum Gasteiger partial charge on any atom is -0.495 e. The summed E-state index contributed by atoms with van der Waals surface area (Å²) in [5, 5.41) is 0. The summed E-state index contributed by atoms with van der Waals surface area (Å²) in [6.45, 7) is 3.77. The summed E-state index contributed by atoms with van der Waals surface area (Å²) >= 11 is 0. The van der Waals surface area contributed by atoms with Crippen LogP contribution in [0.3, 0.4) is 0 Å². The molecule has 0 aliphatic heterocycles. The molecule has 3 aromatic rings. The van der Waals surface area contributed by atoms with Crippen molar-refractivity contribution in [2.75, 3.05) is 11.8 Å². The number of hydrogen-bond donors (Lipinski definition) is 1. The third kappa shape index (κ3) is 2.87. The van der Waals surface area contributed by atoms with Crippen LogP contribution >= 0.6 is 0 Å². The maximum atomic E-state index is 12.7. The number of ether oxygens (including phenoxy) is 1. The summed E-state index contributed by atoms with van der Waals surface area (Å²) in [7, 11) is -2.34. The lowest BCUT2D eigenvalue weighted by atomic mass is 10.1. The fraction of sp³-hybridized carbons (Fsp3) is 0.188. The molecule has 0 atom stereocenters. The van der Waals surface area contributed by atoms with E-state index in [9.17, 15) is 8.42 Å². The molecule has 7 heteroatoms. The van der Waals surface area contributed by atoms with Gasteiger partial charge in [0.2, 0.25) is 0 Å². The van der Waals surface area contributed by atoms with Crippen molar-refractivity contribution in [1.29, 1.82) is 0 Å². The van der Waals surface area contributed by atoms with Crippen LogP contribution in [-0.2, 0) is 10.0 Å². The van der Waals surface area contributed by atoms with Crippen molar-refractivity contribution in [2.45, 2.75) is 18.7 Å². The van der Waals surface area contributed by atoms with Gasteiger partial charge in [-0.15, -0.1) is 0 Å². The van der Waals surface area contributed by atoms with Crippen molar-refractivity contribution in [3.63, 3.8) is 0 Å². The van der Waals surface area contributed by atoms with Crippen LogP contribution in [0.25, 0.3) is 5.65 Å². The van der Waals surface area contributed by atoms with E-state index in [1.165, 1.54) is 7.11 Å². The minimum atomic E-state index is -3.79. The second kappa shape index (κ2) is 5.58. The summed E-state index contributed by atoms with van der Waals surface area (Å²) in [6.07, 6.45) is 3.43. The largest absolute Gasteiger partial charge is 0.495 e. The van der Waals surface area contributed by atoms with Crippen LogP contribution in [0.1, 0.15) is 11.1 Å². The summed E-state index contributed by atoms with van der Waals surface area (Å²) in [6, 6.07) is 8.81. The van der Waals surface area contributed by atoms with Gasteiger partial charge in [-0.2, -0.15) is 0 Å². The first-order valence-corrected chi connectivity index (χ1v) is 8.51. The first kappa shape index (κ1) is 15.4. The zero-order valence-corrected chi connectivity index (χ0v) is 13.9. The zero-order valence-electron chi connectivity index (χ0n) is 13.1. The molecule has 2 heterocycles. The smallest absolute Gasteiger partial charge is 0.266 e. The Labute approximate surface area is 134 Å². The predicted octanol–water partition coefficient (Wildman–Crippen LogP) is 2.76. The van der Waals surface area contributed by atoms with Crippen molar-refractivity contribution >= 4 is 21.5 Å². The highest BCUT2D eigenvalue weighted by Crippen LogP contribution is 2.28. The molecule has 0 spiro atoms. The van der Waals surface area contributed by atoms with Crippen molar-refractivity contribution < 1.29 is 13.2 Å². The number of nitrogens with zero attached hydrogens (tertiary/aromatic N) is 2. The minimum absolute atomic E-state index is 0.0974. The highest BCUT2D eigenvalue weighted by Gasteiger charge is 2.21. The fourth-order valence-corrected chi connectivity index (χ4v) is 3.53. The molecule has 0 amide bonds. The van der Waals surface area contributed by atoms with Crippen molar-refractivity contribution in [2.24, 2.45) is 0 Å². The van der Waals surface area contributed by atoms with E-state index in [0.29, 0.717) is 11.4 Å². The molecule has 1 aromatic carbocycles. The predicted molar refractivity (Wildman–Crippen MR) is 88.5 cm³/mol. The number of aromatic nitrogens is 2. The van der Waals surface area contributed by atoms with Gasteiger partial charge >= 0.3 is 0 Å². The van der Waals surface area contributed by atoms with Crippen LogP contribution in [-0.4, -0.2) is 24.9 Å². The summed E-state index contributed by atoms with van der Waals surface area (Å²) in [5.74, 6) is 0.570. The van der Waals surface area contributed by atoms with Crippen LogP contribution < -0.4 is 9.46 Å². The maximum absolute atomic E-state index is 12.7. The number of anilines is 1. The van der Waals surface area contributed by atoms with Crippen molar-refractivity contribution in [3.8, 4) is 5.75 Å². The summed E-state index contributed by atoms with van der Waals surface area (Å²) in [4.78, 5) is 4.35. The molecular formula is C16H17N3O3S. The first-order chi connectivity index (χ1) is 10.9. The van der Waals surface area contributed by atoms with Gasteiger partial charge in [0.25, 0.3) is 10.0 Å². The Bertz CT molecular complexity index is 944. The second-order valence-corrected chi connectivity index (χ2v) is 6.94. The van der Waals surface area contributed by atoms with Gasteiger partial charge in [-0.25, -0.2) is 13.4 Å². The number of benzene rings is 1. The van der Waals surface area contributed by atoms with Crippen LogP contribution in [0.15, 0.2) is 47.6 Å². The van der Waals surface area contributed by atoms with Gasteiger partial charge in [-0.3, -0.25) is 4.72 Å². The lowest BCUT2D eigenvalue weighted by Crippen LogP contribution is -2.14. The Morgan fingerprint density at radius 3 is 2.61 bits per heavy atom. The van der Waals surface area contributed by atoms with Crippen LogP contribution in [0, 0.1) is 13.8 Å². The van der Waals surface area contributed by atoms with Gasteiger partial charge in [0.15, 0.2) is 5.82 Å². The zero-order chi connectivity index (χ0) is 16.6. The third-order valence-electron chi connectivity index (χ3n) is 3.67. The van der Waals surface area contributed by atoms with Gasteiger partial charge in [0, 0.05) is 6.20 Å². The number of methoxy groups -OCH3 is 1. The normalized spacial score (nSPS) is 11.6. The molecule has 0 bridgehead atoms. The quantitative estimate of drug-likeness (QED) is 0.798. The Balaban J connectivity index is 2.03. The molecule has 0 radical (unpaired) electrons. The van der Waals surface area contributed by atoms with Crippen LogP contribution in [0.2, 0.25) is 0 Å². The highest BCUT2D eigenvalue weighted by molar-refractivity contribution is 7.92. The molecule has 1 N–H and O–H groups in total. The number of fused-ring (bicyclic) bond motifs is 1. The monoisotopic (exact) mass is 331 g/mol. The molecule has 0 saturated heterocycles. The average Bonchev–Trinajstić information content (AvgIpc) is 2.90. The SMILES string of the molecule is COc1cc(C)c(C)cc1S(=O)(=O)Nc1cn2ccccc2n1. The van der Waals surface area contributed by atoms with Crippen molar-refractivity contribution in [3.05, 3.63) is 53.9 Å². The van der Waals surface area contributed by atoms with E-state index < -0.39 is 10.0 Å². The molecule has 23 heavy (non-hydrogen) atoms. The number of nitrogens with one attached hydrogen (secondary N) is 1. The molecular weight excluding hydrogens is 314 g/mol. The van der Waals surface area contributed by atoms with Crippen LogP contribution in [0.4, 0.5) is 5.82 Å². The second-order valence-electron chi connectivity index (χ2n) is 5.29. The van der Waals surface area contributed by atoms with Crippen LogP contribution in [0.5, 0.6) is 5.75 Å². The average molecular weight is 331 g/mol. The Hall–Kier alpha value is -2.54. The van der Waals surface area contributed by atoms with Gasteiger partial charge in [0.05, 0.1) is 13.3 Å². The van der Waals surface area contributed by atoms with Gasteiger partial charge in [0.1, 0.15) is 16.3 Å². The Morgan fingerprint density at radius 2 is 1.91 bits per heavy atom. The van der Waals surface area contributed by atoms with E-state index in [1.807, 2.05) is 26.0 Å². The van der Waals surface area contributed by atoms with E-state index >= 15 is 0 Å². The molecule has 0 aliphatic rings. The van der Waals surface area contributed by atoms with Gasteiger partial charge in [-0.05, 0) is 49.2 Å². The van der Waals surface area contributed by atoms with E-state index in [1.54, 1.807) is 35.0 Å². The standard InChI is InChI=1S/C16H17N3O3S/c1-11-8-13(22-3)14(9-12(11)2)23(20,21)18-15-10-19-7-5-4-6-16(19)17-15/h4-10,18H,1-3H3. The van der Waals surface area contributed by atoms with Gasteiger partial charge < -0.3 is 9.14 Å². The summed E-state index contributed by atoms with van der Waals surface area (Å²) < 4.78 is 34.8. The molecule has 3 rings (SSSR count). The molecule has 6 nitrogen and oxygen atoms in total. The molecule has 0 saturated carbocycles. The molecule has 2 aromatic heterocycles. The number of aryl methyl sites for hydroxylation is 2. The van der Waals surface area contributed by atoms with E-state index in [-0.39, 0.29) is 10.7 Å². The molecule has 0 unspecified atom stereocenters. The number of hydrogen-bond acceptors (Lipinski definition) is 4. The van der Waals surface area contributed by atoms with E-state index in [4.69, 9.17) is 4.74 Å². The number of sulfonamides is 1. The molecule has 0 aliphatic carbocycles. The Morgan fingerprint density at radius 1 is 1.17 bits per heavy atom. The fourth-order valence-electron chi connectivity index (χ4n) is 2.31. The third-order valence-corrected chi connectivity index (χ3v) is 5.05. The van der Waals surface area contributed by atoms with Gasteiger partial charge in [-0.1, -0.05) is 6.07 Å². The number of imidazole rings is 1. The number of pyridine rings is 1. The van der Waals surface area contributed by atoms with E-state index in [0.717, 1.165) is 11.1 Å². The maximum Gasteiger partial charge on any atom is 0.266 e. The lowest BCUT2D eigenvalue weighted by Gasteiger charge is -2.12. The molecule has 0 fully saturated rings. The highest BCUT2D eigenvalue weighted by atomic mass is 32.2. The number of rotatable bonds is 4. The van der Waals surface area contributed by atoms with Crippen molar-refractivity contribution in [1.82, 2.24) is 9.38 Å². The first-order valence-electron chi connectivity index (χ1n) is 7.02. The summed E-state index contributed by atoms with van der Waals surface area (Å²) in [5.41, 5.74) is 2.51. The van der Waals surface area contributed by atoms with E-state index in [2.05, 4.69) is 9.71 Å². The molecule has 120 valence electrons.